The van der Waals surface area contributed by atoms with Crippen LogP contribution in [0.15, 0.2) is 24.3 Å². The van der Waals surface area contributed by atoms with E-state index in [-0.39, 0.29) is 11.3 Å². The number of Topliss-reactive ketones (excluding diaryl/α,β-unsaturated/α-hetero) is 1. The number of fused-ring (bicyclic) bond motifs is 5. The predicted molar refractivity (Wildman–Crippen MR) is 137 cm³/mol. The molecule has 0 heterocycles. The molecule has 0 aromatic heterocycles. The summed E-state index contributed by atoms with van der Waals surface area (Å²) in [6.07, 6.45) is 11.8. The van der Waals surface area contributed by atoms with E-state index in [1.54, 1.807) is 0 Å². The minimum Gasteiger partial charge on any atom is -0.384 e. The number of carbonyl (C=O) groups is 1. The maximum Gasteiger partial charge on any atom is 0.166 e. The van der Waals surface area contributed by atoms with E-state index < -0.39 is 0 Å². The van der Waals surface area contributed by atoms with Gasteiger partial charge in [0.25, 0.3) is 0 Å². The molecule has 0 N–H and O–H groups in total. The second-order valence-corrected chi connectivity index (χ2v) is 12.1. The largest absolute Gasteiger partial charge is 0.384 e. The first-order chi connectivity index (χ1) is 15.9. The molecule has 4 aliphatic carbocycles. The SMILES string of the molecule is CC.COCC12CCC(C)CC1CCC1C3CCC(C(=O)c4ccc(C)cc4)C3(C)CCC12. The van der Waals surface area contributed by atoms with Crippen molar-refractivity contribution in [1.82, 2.24) is 0 Å². The highest BCUT2D eigenvalue weighted by molar-refractivity contribution is 5.98. The summed E-state index contributed by atoms with van der Waals surface area (Å²) in [5, 5.41) is 0. The van der Waals surface area contributed by atoms with E-state index in [1.807, 2.05) is 21.0 Å². The molecule has 0 spiro atoms. The van der Waals surface area contributed by atoms with Crippen LogP contribution in [0.5, 0.6) is 0 Å². The fourth-order valence-corrected chi connectivity index (χ4v) is 9.16. The minimum atomic E-state index is 0.187. The molecule has 1 aromatic rings. The normalized spacial score (nSPS) is 41.8. The van der Waals surface area contributed by atoms with E-state index >= 15 is 0 Å². The Bertz CT molecular complexity index is 813. The number of methoxy groups -OCH3 is 1. The molecule has 4 saturated carbocycles. The van der Waals surface area contributed by atoms with Crippen molar-refractivity contribution in [3.63, 3.8) is 0 Å². The van der Waals surface area contributed by atoms with Gasteiger partial charge in [-0.1, -0.05) is 63.9 Å². The van der Waals surface area contributed by atoms with Gasteiger partial charge < -0.3 is 4.74 Å². The summed E-state index contributed by atoms with van der Waals surface area (Å²) < 4.78 is 5.93. The highest BCUT2D eigenvalue weighted by Crippen LogP contribution is 2.68. The van der Waals surface area contributed by atoms with E-state index in [1.165, 1.54) is 56.9 Å². The van der Waals surface area contributed by atoms with Gasteiger partial charge in [0.05, 0.1) is 6.61 Å². The third kappa shape index (κ3) is 4.13. The number of ketones is 1. The number of carbonyl (C=O) groups excluding carboxylic acids is 1. The smallest absolute Gasteiger partial charge is 0.166 e. The molecule has 0 aliphatic heterocycles. The van der Waals surface area contributed by atoms with Crippen LogP contribution in [0.4, 0.5) is 0 Å². The first kappa shape index (κ1) is 25.0. The topological polar surface area (TPSA) is 26.3 Å². The Labute approximate surface area is 203 Å². The zero-order chi connectivity index (χ0) is 23.8. The maximum absolute atomic E-state index is 13.6. The van der Waals surface area contributed by atoms with Crippen LogP contribution in [0.3, 0.4) is 0 Å². The van der Waals surface area contributed by atoms with Gasteiger partial charge in [-0.05, 0) is 98.7 Å². The lowest BCUT2D eigenvalue weighted by Crippen LogP contribution is -2.56. The summed E-state index contributed by atoms with van der Waals surface area (Å²) in [5.74, 6) is 4.69. The standard InChI is InChI=1S/C29H42O2.C2H6/c1-19-5-7-21(8-6-19)27(30)26-12-11-24-23-10-9-22-17-20(2)13-16-29(22,18-31-4)25(23)14-15-28(24,26)3;1-2/h5-8,20,22-26H,9-18H2,1-4H3;1-2H3. The van der Waals surface area contributed by atoms with Crippen LogP contribution in [0, 0.1) is 53.3 Å². The van der Waals surface area contributed by atoms with E-state index in [9.17, 15) is 4.79 Å². The van der Waals surface area contributed by atoms with Gasteiger partial charge in [-0.15, -0.1) is 0 Å². The molecule has 0 saturated heterocycles. The van der Waals surface area contributed by atoms with Gasteiger partial charge in [-0.2, -0.15) is 0 Å². The molecule has 5 rings (SSSR count). The van der Waals surface area contributed by atoms with Crippen molar-refractivity contribution in [1.29, 1.82) is 0 Å². The van der Waals surface area contributed by atoms with E-state index in [0.29, 0.717) is 11.2 Å². The molecule has 0 bridgehead atoms. The molecule has 2 nitrogen and oxygen atoms in total. The fourth-order valence-electron chi connectivity index (χ4n) is 9.16. The van der Waals surface area contributed by atoms with Crippen LogP contribution in [-0.4, -0.2) is 19.5 Å². The second-order valence-electron chi connectivity index (χ2n) is 12.1. The third-order valence-corrected chi connectivity index (χ3v) is 10.7. The fraction of sp³-hybridized carbons (Fsp3) is 0.774. The number of hydrogen-bond acceptors (Lipinski definition) is 2. The molecular formula is C31H48O2. The summed E-state index contributed by atoms with van der Waals surface area (Å²) in [6.45, 7) is 12.0. The zero-order valence-electron chi connectivity index (χ0n) is 22.2. The lowest BCUT2D eigenvalue weighted by Gasteiger charge is -2.61. The molecule has 4 aliphatic rings. The molecule has 184 valence electrons. The van der Waals surface area contributed by atoms with Crippen molar-refractivity contribution in [2.45, 2.75) is 92.4 Å². The molecule has 0 radical (unpaired) electrons. The van der Waals surface area contributed by atoms with Gasteiger partial charge in [0.1, 0.15) is 0 Å². The molecule has 4 fully saturated rings. The highest BCUT2D eigenvalue weighted by atomic mass is 16.5. The van der Waals surface area contributed by atoms with Crippen LogP contribution in [0.2, 0.25) is 0 Å². The average Bonchev–Trinajstić information content (AvgIpc) is 3.18. The Balaban J connectivity index is 0.00000126. The third-order valence-electron chi connectivity index (χ3n) is 10.7. The quantitative estimate of drug-likeness (QED) is 0.431. The Kier molecular flexibility index (Phi) is 7.44. The number of rotatable bonds is 4. The van der Waals surface area contributed by atoms with Crippen LogP contribution in [0.1, 0.15) is 101 Å². The van der Waals surface area contributed by atoms with Gasteiger partial charge >= 0.3 is 0 Å². The molecule has 33 heavy (non-hydrogen) atoms. The summed E-state index contributed by atoms with van der Waals surface area (Å²) in [5.41, 5.74) is 2.76. The van der Waals surface area contributed by atoms with Crippen LogP contribution in [0.25, 0.3) is 0 Å². The number of aryl methyl sites for hydroxylation is 1. The van der Waals surface area contributed by atoms with Crippen LogP contribution < -0.4 is 0 Å². The van der Waals surface area contributed by atoms with E-state index in [2.05, 4.69) is 45.0 Å². The predicted octanol–water partition coefficient (Wildman–Crippen LogP) is 8.13. The molecule has 8 atom stereocenters. The van der Waals surface area contributed by atoms with Gasteiger partial charge in [0.15, 0.2) is 5.78 Å². The van der Waals surface area contributed by atoms with Crippen molar-refractivity contribution in [3.05, 3.63) is 35.4 Å². The Hall–Kier alpha value is -1.15. The van der Waals surface area contributed by atoms with E-state index in [4.69, 9.17) is 4.74 Å². The van der Waals surface area contributed by atoms with Crippen molar-refractivity contribution < 1.29 is 9.53 Å². The lowest BCUT2D eigenvalue weighted by molar-refractivity contribution is -0.148. The van der Waals surface area contributed by atoms with Gasteiger partial charge in [-0.3, -0.25) is 4.79 Å². The summed E-state index contributed by atoms with van der Waals surface area (Å²) in [4.78, 5) is 13.6. The Morgan fingerprint density at radius 3 is 2.39 bits per heavy atom. The van der Waals surface area contributed by atoms with Crippen molar-refractivity contribution in [3.8, 4) is 0 Å². The molecule has 8 unspecified atom stereocenters. The maximum atomic E-state index is 13.6. The second kappa shape index (κ2) is 9.84. The Morgan fingerprint density at radius 1 is 0.970 bits per heavy atom. The Morgan fingerprint density at radius 2 is 1.70 bits per heavy atom. The minimum absolute atomic E-state index is 0.187. The molecule has 1 aromatic carbocycles. The van der Waals surface area contributed by atoms with Gasteiger partial charge in [0, 0.05) is 18.6 Å². The van der Waals surface area contributed by atoms with Crippen LogP contribution >= 0.6 is 0 Å². The summed E-state index contributed by atoms with van der Waals surface area (Å²) >= 11 is 0. The van der Waals surface area contributed by atoms with Crippen molar-refractivity contribution in [2.75, 3.05) is 13.7 Å². The highest BCUT2D eigenvalue weighted by Gasteiger charge is 2.62. The summed E-state index contributed by atoms with van der Waals surface area (Å²) in [7, 11) is 1.92. The summed E-state index contributed by atoms with van der Waals surface area (Å²) in [6, 6.07) is 8.31. The monoisotopic (exact) mass is 452 g/mol. The van der Waals surface area contributed by atoms with Crippen LogP contribution in [-0.2, 0) is 4.74 Å². The zero-order valence-corrected chi connectivity index (χ0v) is 22.2. The average molecular weight is 453 g/mol. The van der Waals surface area contributed by atoms with Crippen molar-refractivity contribution in [2.24, 2.45) is 46.3 Å². The first-order valence-electron chi connectivity index (χ1n) is 14.0. The number of ether oxygens (including phenoxy) is 1. The van der Waals surface area contributed by atoms with E-state index in [0.717, 1.165) is 48.2 Å². The number of hydrogen-bond donors (Lipinski definition) is 0. The molecular weight excluding hydrogens is 404 g/mol. The van der Waals surface area contributed by atoms with Crippen molar-refractivity contribution >= 4 is 5.78 Å². The molecule has 0 amide bonds. The lowest BCUT2D eigenvalue weighted by atomic mass is 9.43. The van der Waals surface area contributed by atoms with Gasteiger partial charge in [-0.25, -0.2) is 0 Å². The first-order valence-corrected chi connectivity index (χ1v) is 14.0. The van der Waals surface area contributed by atoms with Gasteiger partial charge in [0.2, 0.25) is 0 Å². The molecule has 2 heteroatoms. The number of benzene rings is 1.